The number of allylic oxidation sites excluding steroid dienone is 4. The van der Waals surface area contributed by atoms with Gasteiger partial charge in [-0.1, -0.05) is 20.8 Å². The molecule has 2 aliphatic heterocycles. The van der Waals surface area contributed by atoms with E-state index in [1.807, 2.05) is 6.08 Å². The van der Waals surface area contributed by atoms with Gasteiger partial charge in [0.05, 0.1) is 19.4 Å². The molecule has 3 heteroatoms. The van der Waals surface area contributed by atoms with Gasteiger partial charge in [-0.3, -0.25) is 0 Å². The Morgan fingerprint density at radius 3 is 2.52 bits per heavy atom. The number of hydrogen-bond donors (Lipinski definition) is 0. The standard InChI is InChI=1S/C24H32NO2/c1-9-25-20-14-21-19(13-18(20)16(2)15-24(25,6)7)17(10-11-26-8)12-22(27-21)23(3,4)5/h10-15H,9H2,1-8H3/q+1. The van der Waals surface area contributed by atoms with Crippen molar-refractivity contribution >= 4 is 11.1 Å². The fourth-order valence-corrected chi connectivity index (χ4v) is 4.01. The number of hydrogen-bond acceptors (Lipinski definition) is 2. The number of methoxy groups -OCH3 is 1. The van der Waals surface area contributed by atoms with Crippen molar-refractivity contribution in [1.29, 1.82) is 0 Å². The van der Waals surface area contributed by atoms with Gasteiger partial charge >= 0.3 is 0 Å². The van der Waals surface area contributed by atoms with Crippen molar-refractivity contribution in [3.63, 3.8) is 0 Å². The number of fused-ring (bicyclic) bond motifs is 2. The normalized spacial score (nSPS) is 18.5. The molecular formula is C24H32NO2+. The molecule has 2 aliphatic rings. The fourth-order valence-electron chi connectivity index (χ4n) is 4.01. The molecule has 0 unspecified atom stereocenters. The van der Waals surface area contributed by atoms with Crippen LogP contribution in [0.1, 0.15) is 54.0 Å². The lowest BCUT2D eigenvalue weighted by Crippen LogP contribution is -2.49. The van der Waals surface area contributed by atoms with Crippen molar-refractivity contribution in [2.45, 2.75) is 54.0 Å². The summed E-state index contributed by atoms with van der Waals surface area (Å²) in [6, 6.07) is 4.48. The van der Waals surface area contributed by atoms with Crippen LogP contribution in [0.15, 0.2) is 42.4 Å². The van der Waals surface area contributed by atoms with E-state index in [-0.39, 0.29) is 11.0 Å². The number of benzene rings is 1. The Morgan fingerprint density at radius 2 is 1.93 bits per heavy atom. The highest BCUT2D eigenvalue weighted by molar-refractivity contribution is 5.74. The van der Waals surface area contributed by atoms with Gasteiger partial charge in [0.2, 0.25) is 5.36 Å². The minimum absolute atomic E-state index is 0.0140. The van der Waals surface area contributed by atoms with Gasteiger partial charge in [-0.25, -0.2) is 4.58 Å². The van der Waals surface area contributed by atoms with E-state index in [9.17, 15) is 0 Å². The molecule has 0 atom stereocenters. The Morgan fingerprint density at radius 1 is 1.22 bits per heavy atom. The third-order valence-corrected chi connectivity index (χ3v) is 5.34. The average molecular weight is 367 g/mol. The Kier molecular flexibility index (Phi) is 4.83. The largest absolute Gasteiger partial charge is 0.504 e. The third kappa shape index (κ3) is 3.47. The maximum atomic E-state index is 6.39. The van der Waals surface area contributed by atoms with Crippen molar-refractivity contribution in [2.75, 3.05) is 13.7 Å². The highest BCUT2D eigenvalue weighted by Gasteiger charge is 2.33. The predicted molar refractivity (Wildman–Crippen MR) is 113 cm³/mol. The van der Waals surface area contributed by atoms with Crippen molar-refractivity contribution in [3.05, 3.63) is 58.5 Å². The van der Waals surface area contributed by atoms with Gasteiger partial charge in [0.15, 0.2) is 5.54 Å². The monoisotopic (exact) mass is 366 g/mol. The number of nitrogens with zero attached hydrogens (tertiary/aromatic N) is 1. The molecule has 0 saturated carbocycles. The van der Waals surface area contributed by atoms with E-state index in [2.05, 4.69) is 77.3 Å². The lowest BCUT2D eigenvalue weighted by Gasteiger charge is -2.28. The zero-order valence-corrected chi connectivity index (χ0v) is 17.9. The smallest absolute Gasteiger partial charge is 0.211 e. The van der Waals surface area contributed by atoms with E-state index < -0.39 is 0 Å². The summed E-state index contributed by atoms with van der Waals surface area (Å²) in [5.41, 5.74) is 3.61. The Balaban J connectivity index is 2.39. The molecule has 0 fully saturated rings. The minimum Gasteiger partial charge on any atom is -0.504 e. The summed E-state index contributed by atoms with van der Waals surface area (Å²) in [5.74, 6) is 1.89. The summed E-state index contributed by atoms with van der Waals surface area (Å²) in [5, 5.41) is 2.35. The molecule has 27 heavy (non-hydrogen) atoms. The summed E-state index contributed by atoms with van der Waals surface area (Å²) < 4.78 is 14.0. The molecular weight excluding hydrogens is 334 g/mol. The van der Waals surface area contributed by atoms with Crippen LogP contribution in [0.3, 0.4) is 0 Å². The maximum Gasteiger partial charge on any atom is 0.211 e. The zero-order valence-electron chi connectivity index (χ0n) is 17.9. The first-order valence-electron chi connectivity index (χ1n) is 9.70. The molecule has 1 aromatic rings. The molecule has 0 spiro atoms. The highest BCUT2D eigenvalue weighted by Crippen LogP contribution is 2.32. The van der Waals surface area contributed by atoms with Gasteiger partial charge in [0, 0.05) is 30.0 Å². The first-order chi connectivity index (χ1) is 12.6. The van der Waals surface area contributed by atoms with Crippen LogP contribution in [0.25, 0.3) is 11.1 Å². The SMILES string of the molecule is CC[N+]1=c2cc3c(cc2C(C)=CC1(C)C)=C(C=COC)C=C(C(C)(C)C)O3. The number of rotatable bonds is 3. The van der Waals surface area contributed by atoms with E-state index in [4.69, 9.17) is 9.47 Å². The minimum atomic E-state index is -0.0702. The molecule has 0 bridgehead atoms. The Labute approximate surface area is 163 Å². The third-order valence-electron chi connectivity index (χ3n) is 5.34. The second kappa shape index (κ2) is 6.70. The quantitative estimate of drug-likeness (QED) is 0.595. The van der Waals surface area contributed by atoms with Crippen LogP contribution in [0.5, 0.6) is 5.75 Å². The van der Waals surface area contributed by atoms with Gasteiger partial charge in [-0.2, -0.15) is 0 Å². The van der Waals surface area contributed by atoms with Crippen LogP contribution in [0, 0.1) is 5.41 Å². The lowest BCUT2D eigenvalue weighted by molar-refractivity contribution is 0.289. The molecule has 3 nitrogen and oxygen atoms in total. The van der Waals surface area contributed by atoms with E-state index in [1.54, 1.807) is 13.4 Å². The summed E-state index contributed by atoms with van der Waals surface area (Å²) in [6.45, 7) is 16.4. The molecule has 3 rings (SSSR count). The fraction of sp³-hybridized carbons (Fsp3) is 0.458. The Bertz CT molecular complexity index is 982. The van der Waals surface area contributed by atoms with Crippen LogP contribution in [-0.4, -0.2) is 19.2 Å². The van der Waals surface area contributed by atoms with E-state index in [0.717, 1.165) is 28.8 Å². The van der Waals surface area contributed by atoms with E-state index in [0.29, 0.717) is 0 Å². The molecule has 1 aromatic carbocycles. The Hall–Kier alpha value is -2.29. The zero-order chi connectivity index (χ0) is 20.0. The molecule has 0 aliphatic carbocycles. The van der Waals surface area contributed by atoms with Crippen LogP contribution >= 0.6 is 0 Å². The van der Waals surface area contributed by atoms with E-state index in [1.165, 1.54) is 16.5 Å². The topological polar surface area (TPSA) is 21.5 Å². The van der Waals surface area contributed by atoms with Crippen molar-refractivity contribution < 1.29 is 9.47 Å². The first kappa shape index (κ1) is 19.5. The number of likely N-dealkylation sites (N-methyl/N-ethyl adjacent to an activating group) is 1. The van der Waals surface area contributed by atoms with Crippen molar-refractivity contribution in [2.24, 2.45) is 5.41 Å². The summed E-state index contributed by atoms with van der Waals surface area (Å²) in [7, 11) is 1.67. The van der Waals surface area contributed by atoms with E-state index >= 15 is 0 Å². The highest BCUT2D eigenvalue weighted by atomic mass is 16.5. The molecule has 0 aromatic heterocycles. The molecule has 144 valence electrons. The molecule has 0 amide bonds. The van der Waals surface area contributed by atoms with Crippen molar-refractivity contribution in [3.8, 4) is 5.75 Å². The molecule has 0 radical (unpaired) electrons. The predicted octanol–water partition coefficient (Wildman–Crippen LogP) is 4.03. The maximum absolute atomic E-state index is 6.39. The summed E-state index contributed by atoms with van der Waals surface area (Å²) in [4.78, 5) is 0. The molecule has 0 saturated heterocycles. The lowest BCUT2D eigenvalue weighted by atomic mass is 9.89. The molecule has 2 heterocycles. The average Bonchev–Trinajstić information content (AvgIpc) is 2.57. The van der Waals surface area contributed by atoms with Gasteiger partial charge < -0.3 is 9.47 Å². The summed E-state index contributed by atoms with van der Waals surface area (Å²) >= 11 is 0. The van der Waals surface area contributed by atoms with Gasteiger partial charge in [-0.15, -0.1) is 0 Å². The second-order valence-corrected chi connectivity index (χ2v) is 8.95. The number of ether oxygens (including phenoxy) is 2. The van der Waals surface area contributed by atoms with Crippen LogP contribution in [-0.2, 0) is 4.74 Å². The van der Waals surface area contributed by atoms with Crippen LogP contribution in [0.4, 0.5) is 0 Å². The van der Waals surface area contributed by atoms with Crippen LogP contribution < -0.4 is 19.9 Å². The van der Waals surface area contributed by atoms with Gasteiger partial charge in [0.1, 0.15) is 18.1 Å². The van der Waals surface area contributed by atoms with Crippen molar-refractivity contribution in [1.82, 2.24) is 4.58 Å². The first-order valence-corrected chi connectivity index (χ1v) is 9.70. The summed E-state index contributed by atoms with van der Waals surface area (Å²) in [6.07, 6.45) is 8.23. The van der Waals surface area contributed by atoms with Gasteiger partial charge in [0.25, 0.3) is 0 Å². The van der Waals surface area contributed by atoms with Gasteiger partial charge in [-0.05, 0) is 49.3 Å². The van der Waals surface area contributed by atoms with Crippen LogP contribution in [0.2, 0.25) is 0 Å². The molecule has 0 N–H and O–H groups in total. The second-order valence-electron chi connectivity index (χ2n) is 8.95.